The Morgan fingerprint density at radius 2 is 1.54 bits per heavy atom. The minimum Gasteiger partial charge on any atom is -0.348 e. The highest BCUT2D eigenvalue weighted by Crippen LogP contribution is 2.30. The SMILES string of the molecule is CC(NC(=O)C(NC(=O)Cc1ccc2ccccc2c1)C(C)C)c1ccc(NC(=O)C2CC2)cc1. The Morgan fingerprint density at radius 1 is 0.857 bits per heavy atom. The second-order valence-corrected chi connectivity index (χ2v) is 9.76. The van der Waals surface area contributed by atoms with Crippen LogP contribution in [-0.2, 0) is 20.8 Å². The van der Waals surface area contributed by atoms with E-state index in [4.69, 9.17) is 0 Å². The van der Waals surface area contributed by atoms with Crippen molar-refractivity contribution in [1.82, 2.24) is 10.6 Å². The van der Waals surface area contributed by atoms with Crippen LogP contribution in [0, 0.1) is 11.8 Å². The Kier molecular flexibility index (Phi) is 7.49. The third-order valence-corrected chi connectivity index (χ3v) is 6.43. The van der Waals surface area contributed by atoms with Gasteiger partial charge in [0.2, 0.25) is 17.7 Å². The molecule has 0 spiro atoms. The summed E-state index contributed by atoms with van der Waals surface area (Å²) < 4.78 is 0. The number of carbonyl (C=O) groups excluding carboxylic acids is 3. The zero-order valence-electron chi connectivity index (χ0n) is 20.5. The number of benzene rings is 3. The van der Waals surface area contributed by atoms with Crippen molar-refractivity contribution in [3.05, 3.63) is 77.9 Å². The summed E-state index contributed by atoms with van der Waals surface area (Å²) in [5.41, 5.74) is 2.59. The fraction of sp³-hybridized carbons (Fsp3) is 0.345. The number of hydrogen-bond acceptors (Lipinski definition) is 3. The number of rotatable bonds is 9. The second kappa shape index (κ2) is 10.7. The van der Waals surface area contributed by atoms with E-state index in [9.17, 15) is 14.4 Å². The van der Waals surface area contributed by atoms with Crippen molar-refractivity contribution in [3.8, 4) is 0 Å². The van der Waals surface area contributed by atoms with Crippen LogP contribution in [0.4, 0.5) is 5.69 Å². The molecule has 182 valence electrons. The maximum Gasteiger partial charge on any atom is 0.243 e. The molecule has 0 bridgehead atoms. The van der Waals surface area contributed by atoms with Gasteiger partial charge in [-0.3, -0.25) is 14.4 Å². The van der Waals surface area contributed by atoms with Crippen molar-refractivity contribution < 1.29 is 14.4 Å². The number of fused-ring (bicyclic) bond motifs is 1. The molecule has 0 aromatic heterocycles. The zero-order valence-corrected chi connectivity index (χ0v) is 20.5. The first-order valence-electron chi connectivity index (χ1n) is 12.3. The van der Waals surface area contributed by atoms with Crippen molar-refractivity contribution in [2.75, 3.05) is 5.32 Å². The fourth-order valence-corrected chi connectivity index (χ4v) is 4.13. The Hall–Kier alpha value is -3.67. The summed E-state index contributed by atoms with van der Waals surface area (Å²) in [4.78, 5) is 37.8. The molecule has 1 aliphatic rings. The van der Waals surface area contributed by atoms with Crippen LogP contribution < -0.4 is 16.0 Å². The maximum absolute atomic E-state index is 13.0. The molecule has 2 atom stereocenters. The lowest BCUT2D eigenvalue weighted by Crippen LogP contribution is -2.50. The lowest BCUT2D eigenvalue weighted by molar-refractivity contribution is -0.130. The molecule has 3 aromatic carbocycles. The van der Waals surface area contributed by atoms with Crippen LogP contribution in [0.15, 0.2) is 66.7 Å². The van der Waals surface area contributed by atoms with Crippen LogP contribution in [0.1, 0.15) is 50.8 Å². The van der Waals surface area contributed by atoms with E-state index in [1.54, 1.807) is 0 Å². The molecule has 0 heterocycles. The van der Waals surface area contributed by atoms with Gasteiger partial charge < -0.3 is 16.0 Å². The molecule has 1 saturated carbocycles. The van der Waals surface area contributed by atoms with E-state index in [1.807, 2.05) is 87.5 Å². The van der Waals surface area contributed by atoms with Gasteiger partial charge in [0.15, 0.2) is 0 Å². The van der Waals surface area contributed by atoms with Gasteiger partial charge in [0.1, 0.15) is 6.04 Å². The molecule has 6 heteroatoms. The van der Waals surface area contributed by atoms with Crippen LogP contribution in [-0.4, -0.2) is 23.8 Å². The molecule has 1 aliphatic carbocycles. The molecule has 35 heavy (non-hydrogen) atoms. The number of nitrogens with one attached hydrogen (secondary N) is 3. The van der Waals surface area contributed by atoms with Crippen LogP contribution in [0.5, 0.6) is 0 Å². The summed E-state index contributed by atoms with van der Waals surface area (Å²) >= 11 is 0. The summed E-state index contributed by atoms with van der Waals surface area (Å²) in [5.74, 6) is -0.249. The molecule has 0 saturated heterocycles. The molecule has 4 rings (SSSR count). The second-order valence-electron chi connectivity index (χ2n) is 9.76. The van der Waals surface area contributed by atoms with Gasteiger partial charge in [-0.2, -0.15) is 0 Å². The Bertz CT molecular complexity index is 1220. The number of amides is 3. The Balaban J connectivity index is 1.33. The van der Waals surface area contributed by atoms with Crippen LogP contribution in [0.3, 0.4) is 0 Å². The average molecular weight is 472 g/mol. The van der Waals surface area contributed by atoms with Crippen LogP contribution in [0.25, 0.3) is 10.8 Å². The smallest absolute Gasteiger partial charge is 0.243 e. The number of carbonyl (C=O) groups is 3. The molecule has 0 aliphatic heterocycles. The van der Waals surface area contributed by atoms with Gasteiger partial charge in [-0.1, -0.05) is 68.4 Å². The molecule has 3 amide bonds. The Labute approximate surface area is 206 Å². The molecule has 6 nitrogen and oxygen atoms in total. The maximum atomic E-state index is 13.0. The van der Waals surface area contributed by atoms with Gasteiger partial charge in [-0.15, -0.1) is 0 Å². The first kappa shape index (κ1) is 24.5. The van der Waals surface area contributed by atoms with Gasteiger partial charge >= 0.3 is 0 Å². The Morgan fingerprint density at radius 3 is 2.20 bits per heavy atom. The molecule has 2 unspecified atom stereocenters. The normalized spacial score (nSPS) is 14.9. The predicted octanol–water partition coefficient (Wildman–Crippen LogP) is 4.75. The molecule has 0 radical (unpaired) electrons. The van der Waals surface area contributed by atoms with Crippen molar-refractivity contribution in [1.29, 1.82) is 0 Å². The minimum absolute atomic E-state index is 0.0669. The highest BCUT2D eigenvalue weighted by molar-refractivity contribution is 5.94. The van der Waals surface area contributed by atoms with Crippen molar-refractivity contribution in [2.24, 2.45) is 11.8 Å². The number of hydrogen-bond donors (Lipinski definition) is 3. The third-order valence-electron chi connectivity index (χ3n) is 6.43. The van der Waals surface area contributed by atoms with Gasteiger partial charge in [0.25, 0.3) is 0 Å². The van der Waals surface area contributed by atoms with Crippen molar-refractivity contribution in [2.45, 2.75) is 52.1 Å². The van der Waals surface area contributed by atoms with E-state index in [0.29, 0.717) is 0 Å². The minimum atomic E-state index is -0.637. The predicted molar refractivity (Wildman–Crippen MR) is 139 cm³/mol. The first-order chi connectivity index (χ1) is 16.8. The largest absolute Gasteiger partial charge is 0.348 e. The van der Waals surface area contributed by atoms with Crippen LogP contribution >= 0.6 is 0 Å². The molecule has 3 aromatic rings. The summed E-state index contributed by atoms with van der Waals surface area (Å²) in [7, 11) is 0. The van der Waals surface area contributed by atoms with Gasteiger partial charge in [0.05, 0.1) is 12.5 Å². The fourth-order valence-electron chi connectivity index (χ4n) is 4.13. The first-order valence-corrected chi connectivity index (χ1v) is 12.3. The molecular formula is C29H33N3O3. The highest BCUT2D eigenvalue weighted by atomic mass is 16.2. The van der Waals surface area contributed by atoms with Crippen molar-refractivity contribution >= 4 is 34.2 Å². The standard InChI is InChI=1S/C29H33N3O3/c1-18(2)27(32-26(33)17-20-8-9-22-6-4-5-7-24(22)16-20)29(35)30-19(3)21-12-14-25(15-13-21)31-28(34)23-10-11-23/h4-9,12-16,18-19,23,27H,10-11,17H2,1-3H3,(H,30,35)(H,31,34)(H,32,33). The molecule has 1 fully saturated rings. The van der Waals surface area contributed by atoms with Crippen LogP contribution in [0.2, 0.25) is 0 Å². The quantitative estimate of drug-likeness (QED) is 0.421. The van der Waals surface area contributed by atoms with E-state index >= 15 is 0 Å². The van der Waals surface area contributed by atoms with E-state index in [1.165, 1.54) is 0 Å². The number of anilines is 1. The lowest BCUT2D eigenvalue weighted by atomic mass is 10.0. The summed E-state index contributed by atoms with van der Waals surface area (Å²) in [6.07, 6.45) is 2.14. The van der Waals surface area contributed by atoms with E-state index in [2.05, 4.69) is 16.0 Å². The summed E-state index contributed by atoms with van der Waals surface area (Å²) in [6.45, 7) is 5.75. The van der Waals surface area contributed by atoms with Gasteiger partial charge in [0, 0.05) is 11.6 Å². The topological polar surface area (TPSA) is 87.3 Å². The van der Waals surface area contributed by atoms with Crippen molar-refractivity contribution in [3.63, 3.8) is 0 Å². The summed E-state index contributed by atoms with van der Waals surface area (Å²) in [6, 6.07) is 20.6. The zero-order chi connectivity index (χ0) is 24.9. The van der Waals surface area contributed by atoms with Gasteiger partial charge in [-0.05, 0) is 59.7 Å². The molecule has 3 N–H and O–H groups in total. The average Bonchev–Trinajstić information content (AvgIpc) is 3.68. The van der Waals surface area contributed by atoms with E-state index in [0.717, 1.165) is 40.4 Å². The van der Waals surface area contributed by atoms with Gasteiger partial charge in [-0.25, -0.2) is 0 Å². The monoisotopic (exact) mass is 471 g/mol. The molecular weight excluding hydrogens is 438 g/mol. The summed E-state index contributed by atoms with van der Waals surface area (Å²) in [5, 5.41) is 11.1. The highest BCUT2D eigenvalue weighted by Gasteiger charge is 2.29. The van der Waals surface area contributed by atoms with E-state index in [-0.39, 0.29) is 42.0 Å². The third kappa shape index (κ3) is 6.47. The lowest BCUT2D eigenvalue weighted by Gasteiger charge is -2.24. The van der Waals surface area contributed by atoms with E-state index < -0.39 is 6.04 Å².